The second-order valence-corrected chi connectivity index (χ2v) is 15.3. The molecule has 0 bridgehead atoms. The van der Waals surface area contributed by atoms with Crippen LogP contribution in [0.4, 0.5) is 0 Å². The average Bonchev–Trinajstić information content (AvgIpc) is 2.95. The molecule has 0 aromatic rings. The molecule has 3 fully saturated rings. The van der Waals surface area contributed by atoms with Crippen LogP contribution in [-0.4, -0.2) is 135 Å². The number of piperidine rings is 1. The van der Waals surface area contributed by atoms with E-state index in [9.17, 15) is 14.7 Å². The Bertz CT molecular complexity index is 955. The van der Waals surface area contributed by atoms with E-state index in [0.717, 1.165) is 38.9 Å². The van der Waals surface area contributed by atoms with Crippen molar-refractivity contribution in [3.63, 3.8) is 0 Å². The highest BCUT2D eigenvalue weighted by Gasteiger charge is 2.52. The normalized spacial score (nSPS) is 41.1. The van der Waals surface area contributed by atoms with Gasteiger partial charge in [0.15, 0.2) is 12.1 Å². The minimum atomic E-state index is -1.41. The fourth-order valence-corrected chi connectivity index (χ4v) is 7.86. The van der Waals surface area contributed by atoms with Crippen molar-refractivity contribution >= 4 is 11.8 Å². The van der Waals surface area contributed by atoms with E-state index in [4.69, 9.17) is 18.9 Å². The van der Waals surface area contributed by atoms with Gasteiger partial charge in [-0.25, -0.2) is 0 Å². The topological polar surface area (TPSA) is 101 Å². The number of Topliss-reactive ketones (excluding diaryl/α,β-unsaturated/α-hetero) is 1. The maximum Gasteiger partial charge on any atom is 0.319 e. The molecule has 0 aromatic heterocycles. The highest BCUT2D eigenvalue weighted by atomic mass is 16.7. The molecule has 0 spiro atoms. The number of rotatable bonds is 6. The molecule has 10 nitrogen and oxygen atoms in total. The van der Waals surface area contributed by atoms with Gasteiger partial charge >= 0.3 is 5.97 Å². The Morgan fingerprint density at radius 3 is 2.23 bits per heavy atom. The quantitative estimate of drug-likeness (QED) is 0.349. The largest absolute Gasteiger partial charge is 0.460 e. The molecule has 10 heteroatoms. The van der Waals surface area contributed by atoms with E-state index in [1.54, 1.807) is 27.9 Å². The molecule has 3 rings (SSSR count). The summed E-state index contributed by atoms with van der Waals surface area (Å²) in [5.41, 5.74) is -2.32. The maximum absolute atomic E-state index is 14.3. The SMILES string of the molecule is CO[C@]1(C)C[C@@H](C)CN(C)[C@H](CC2CCN(C)CC2)[C@@H](C)OC(=O)C(C)(C)C(=O)[C@H](C)[C@H]1O[C@@H]1O[C@H](C)C[C@H](N(C)C)[C@H]1O. The Labute approximate surface area is 267 Å². The van der Waals surface area contributed by atoms with Gasteiger partial charge in [0.25, 0.3) is 0 Å². The summed E-state index contributed by atoms with van der Waals surface area (Å²) in [4.78, 5) is 34.7. The molecule has 0 saturated carbocycles. The van der Waals surface area contributed by atoms with E-state index < -0.39 is 41.4 Å². The van der Waals surface area contributed by atoms with Crippen LogP contribution in [0.5, 0.6) is 0 Å². The van der Waals surface area contributed by atoms with Gasteiger partial charge in [0.2, 0.25) is 0 Å². The lowest BCUT2D eigenvalue weighted by Crippen LogP contribution is -2.59. The summed E-state index contributed by atoms with van der Waals surface area (Å²) in [6, 6.07) is -0.143. The van der Waals surface area contributed by atoms with Crippen molar-refractivity contribution in [2.45, 2.75) is 129 Å². The molecule has 0 amide bonds. The molecule has 0 aliphatic carbocycles. The molecule has 0 aromatic carbocycles. The number of aliphatic hydroxyl groups is 1. The van der Waals surface area contributed by atoms with Gasteiger partial charge in [-0.1, -0.05) is 13.8 Å². The van der Waals surface area contributed by atoms with Gasteiger partial charge in [0.05, 0.1) is 17.8 Å². The lowest BCUT2D eigenvalue weighted by atomic mass is 9.74. The molecule has 1 N–H and O–H groups in total. The fourth-order valence-electron chi connectivity index (χ4n) is 7.86. The Morgan fingerprint density at radius 1 is 1.05 bits per heavy atom. The second kappa shape index (κ2) is 15.2. The number of nitrogens with zero attached hydrogens (tertiary/aromatic N) is 3. The highest BCUT2D eigenvalue weighted by Crippen LogP contribution is 2.39. The minimum Gasteiger partial charge on any atom is -0.460 e. The first kappa shape index (κ1) is 37.3. The second-order valence-electron chi connectivity index (χ2n) is 15.3. The zero-order chi connectivity index (χ0) is 33.1. The van der Waals surface area contributed by atoms with Crippen molar-refractivity contribution in [3.05, 3.63) is 0 Å². The number of cyclic esters (lactones) is 1. The number of likely N-dealkylation sites (N-methyl/N-ethyl adjacent to an activating group) is 2. The summed E-state index contributed by atoms with van der Waals surface area (Å²) < 4.78 is 25.2. The lowest BCUT2D eigenvalue weighted by molar-refractivity contribution is -0.295. The Morgan fingerprint density at radius 2 is 1.66 bits per heavy atom. The van der Waals surface area contributed by atoms with Crippen molar-refractivity contribution in [2.75, 3.05) is 54.9 Å². The van der Waals surface area contributed by atoms with Crippen LogP contribution in [0.2, 0.25) is 0 Å². The summed E-state index contributed by atoms with van der Waals surface area (Å²) in [7, 11) is 9.79. The van der Waals surface area contributed by atoms with Crippen LogP contribution < -0.4 is 0 Å². The summed E-state index contributed by atoms with van der Waals surface area (Å²) >= 11 is 0. The van der Waals surface area contributed by atoms with Crippen molar-refractivity contribution < 1.29 is 33.6 Å². The Balaban J connectivity index is 1.98. The number of methoxy groups -OCH3 is 1. The zero-order valence-corrected chi connectivity index (χ0v) is 29.7. The molecule has 3 aliphatic heterocycles. The first-order valence-electron chi connectivity index (χ1n) is 16.8. The molecular formula is C34H63N3O7. The van der Waals surface area contributed by atoms with Crippen molar-refractivity contribution in [3.8, 4) is 0 Å². The molecule has 10 atom stereocenters. The summed E-state index contributed by atoms with van der Waals surface area (Å²) in [5, 5.41) is 11.3. The first-order valence-corrected chi connectivity index (χ1v) is 16.8. The summed E-state index contributed by atoms with van der Waals surface area (Å²) in [6.45, 7) is 16.1. The van der Waals surface area contributed by atoms with E-state index in [1.165, 1.54) is 0 Å². The molecular weight excluding hydrogens is 562 g/mol. The van der Waals surface area contributed by atoms with Gasteiger partial charge in [0, 0.05) is 31.7 Å². The number of ketones is 1. The number of carbonyl (C=O) groups excluding carboxylic acids is 2. The molecule has 3 heterocycles. The number of esters is 1. The van der Waals surface area contributed by atoms with E-state index in [2.05, 4.69) is 30.8 Å². The molecule has 0 radical (unpaired) electrons. The smallest absolute Gasteiger partial charge is 0.319 e. The van der Waals surface area contributed by atoms with Gasteiger partial charge in [0.1, 0.15) is 17.6 Å². The number of hydrogen-bond donors (Lipinski definition) is 1. The van der Waals surface area contributed by atoms with E-state index in [1.807, 2.05) is 39.8 Å². The molecule has 3 aliphatic rings. The third-order valence-electron chi connectivity index (χ3n) is 10.8. The van der Waals surface area contributed by atoms with Crippen LogP contribution in [0.25, 0.3) is 0 Å². The van der Waals surface area contributed by atoms with Gasteiger partial charge in [-0.05, 0) is 120 Å². The Hall–Kier alpha value is -1.14. The van der Waals surface area contributed by atoms with E-state index in [-0.39, 0.29) is 36.0 Å². The molecule has 256 valence electrons. The summed E-state index contributed by atoms with van der Waals surface area (Å²) in [6.07, 6.45) is 1.27. The van der Waals surface area contributed by atoms with E-state index >= 15 is 0 Å². The van der Waals surface area contributed by atoms with Crippen molar-refractivity contribution in [2.24, 2.45) is 23.2 Å². The van der Waals surface area contributed by atoms with Crippen LogP contribution in [0.3, 0.4) is 0 Å². The predicted octanol–water partition coefficient (Wildman–Crippen LogP) is 3.44. The standard InChI is InChI=1S/C34H63N3O7/c1-21-19-34(7,41-12)30(44-31-28(38)27(35(8)9)17-22(2)42-31)23(3)29(39)33(5,6)32(40)43-24(4)26(37(11)20-21)18-25-13-15-36(10)16-14-25/h21-28,30-31,38H,13-20H2,1-12H3/t21-,22-,23+,24-,26-,27+,28-,30-,31+,34-/m1/s1. The number of carbonyl (C=O) groups is 2. The maximum atomic E-state index is 14.3. The number of likely N-dealkylation sites (tertiary alicyclic amines) is 1. The van der Waals surface area contributed by atoms with Crippen LogP contribution in [0, 0.1) is 23.2 Å². The van der Waals surface area contributed by atoms with Gasteiger partial charge in [-0.2, -0.15) is 0 Å². The number of aliphatic hydroxyl groups excluding tert-OH is 1. The monoisotopic (exact) mass is 625 g/mol. The summed E-state index contributed by atoms with van der Waals surface area (Å²) in [5.74, 6) is -0.829. The molecule has 44 heavy (non-hydrogen) atoms. The molecule has 0 unspecified atom stereocenters. The van der Waals surface area contributed by atoms with Crippen LogP contribution >= 0.6 is 0 Å². The average molecular weight is 626 g/mol. The van der Waals surface area contributed by atoms with Crippen LogP contribution in [0.1, 0.15) is 80.6 Å². The Kier molecular flexibility index (Phi) is 12.9. The van der Waals surface area contributed by atoms with Crippen molar-refractivity contribution in [1.29, 1.82) is 0 Å². The van der Waals surface area contributed by atoms with E-state index in [0.29, 0.717) is 18.8 Å². The third kappa shape index (κ3) is 8.60. The molecule has 3 saturated heterocycles. The highest BCUT2D eigenvalue weighted by molar-refractivity contribution is 6.04. The van der Waals surface area contributed by atoms with Crippen molar-refractivity contribution in [1.82, 2.24) is 14.7 Å². The lowest BCUT2D eigenvalue weighted by Gasteiger charge is -2.47. The zero-order valence-electron chi connectivity index (χ0n) is 29.7. The fraction of sp³-hybridized carbons (Fsp3) is 0.941. The van der Waals surface area contributed by atoms with Crippen LogP contribution in [-0.2, 0) is 28.5 Å². The van der Waals surface area contributed by atoms with Gasteiger partial charge in [-0.15, -0.1) is 0 Å². The number of hydrogen-bond acceptors (Lipinski definition) is 10. The number of ether oxygens (including phenoxy) is 4. The van der Waals surface area contributed by atoms with Gasteiger partial charge in [-0.3, -0.25) is 14.5 Å². The first-order chi connectivity index (χ1) is 20.4. The predicted molar refractivity (Wildman–Crippen MR) is 171 cm³/mol. The minimum absolute atomic E-state index is 0.0231. The van der Waals surface area contributed by atoms with Gasteiger partial charge < -0.3 is 33.9 Å². The third-order valence-corrected chi connectivity index (χ3v) is 10.8. The van der Waals surface area contributed by atoms with Crippen LogP contribution in [0.15, 0.2) is 0 Å².